The van der Waals surface area contributed by atoms with Gasteiger partial charge < -0.3 is 10.1 Å². The van der Waals surface area contributed by atoms with Crippen LogP contribution in [-0.4, -0.2) is 49.7 Å². The van der Waals surface area contributed by atoms with Crippen LogP contribution in [0, 0.1) is 5.92 Å². The van der Waals surface area contributed by atoms with Crippen molar-refractivity contribution in [2.24, 2.45) is 5.92 Å². The van der Waals surface area contributed by atoms with Gasteiger partial charge >= 0.3 is 0 Å². The molecule has 1 saturated heterocycles. The number of amides is 1. The van der Waals surface area contributed by atoms with Crippen LogP contribution in [0.5, 0.6) is 0 Å². The lowest BCUT2D eigenvalue weighted by atomic mass is 10.0. The van der Waals surface area contributed by atoms with Crippen molar-refractivity contribution in [3.63, 3.8) is 0 Å². The predicted octanol–water partition coefficient (Wildman–Crippen LogP) is 1.26. The topological polar surface area (TPSA) is 41.6 Å². The smallest absolute Gasteiger partial charge is 0.222 e. The molecule has 1 fully saturated rings. The van der Waals surface area contributed by atoms with Gasteiger partial charge in [-0.05, 0) is 26.7 Å². The largest absolute Gasteiger partial charge is 0.379 e. The molecule has 4 nitrogen and oxygen atoms in total. The van der Waals surface area contributed by atoms with Crippen molar-refractivity contribution in [3.05, 3.63) is 0 Å². The van der Waals surface area contributed by atoms with Crippen LogP contribution in [0.1, 0.15) is 33.6 Å². The first kappa shape index (κ1) is 14.5. The Morgan fingerprint density at radius 2 is 1.94 bits per heavy atom. The zero-order chi connectivity index (χ0) is 12.7. The van der Waals surface area contributed by atoms with Gasteiger partial charge in [-0.15, -0.1) is 0 Å². The molecule has 0 radical (unpaired) electrons. The molecule has 0 aromatic carbocycles. The molecule has 0 aromatic rings. The molecule has 1 amide bonds. The van der Waals surface area contributed by atoms with Gasteiger partial charge in [-0.2, -0.15) is 0 Å². The van der Waals surface area contributed by atoms with Crippen LogP contribution >= 0.6 is 0 Å². The maximum atomic E-state index is 11.6. The molecular weight excluding hydrogens is 216 g/mol. The average Bonchev–Trinajstić information content (AvgIpc) is 2.36. The molecule has 4 heteroatoms. The molecule has 1 heterocycles. The maximum absolute atomic E-state index is 11.6. The number of nitrogens with one attached hydrogen (secondary N) is 1. The van der Waals surface area contributed by atoms with E-state index >= 15 is 0 Å². The molecular formula is C13H26N2O2. The van der Waals surface area contributed by atoms with E-state index in [0.717, 1.165) is 45.7 Å². The number of nitrogens with zero attached hydrogens (tertiary/aromatic N) is 1. The van der Waals surface area contributed by atoms with Gasteiger partial charge in [-0.25, -0.2) is 0 Å². The first-order valence-corrected chi connectivity index (χ1v) is 6.74. The average molecular weight is 242 g/mol. The van der Waals surface area contributed by atoms with E-state index in [1.165, 1.54) is 0 Å². The minimum Gasteiger partial charge on any atom is -0.379 e. The van der Waals surface area contributed by atoms with Crippen molar-refractivity contribution in [3.8, 4) is 0 Å². The molecule has 2 unspecified atom stereocenters. The molecule has 0 saturated carbocycles. The summed E-state index contributed by atoms with van der Waals surface area (Å²) in [6.45, 7) is 10.7. The fourth-order valence-corrected chi connectivity index (χ4v) is 2.17. The summed E-state index contributed by atoms with van der Waals surface area (Å²) in [5.74, 6) is 0.306. The molecule has 17 heavy (non-hydrogen) atoms. The number of hydrogen-bond donors (Lipinski definition) is 1. The fraction of sp³-hybridized carbons (Fsp3) is 0.923. The summed E-state index contributed by atoms with van der Waals surface area (Å²) in [6.07, 6.45) is 2.04. The summed E-state index contributed by atoms with van der Waals surface area (Å²) in [5, 5.41) is 2.88. The number of carbonyl (C=O) groups is 1. The third-order valence-corrected chi connectivity index (χ3v) is 3.49. The normalized spacial score (nSPS) is 20.9. The molecule has 0 spiro atoms. The first-order valence-electron chi connectivity index (χ1n) is 6.74. The van der Waals surface area contributed by atoms with E-state index in [0.29, 0.717) is 6.04 Å². The summed E-state index contributed by atoms with van der Waals surface area (Å²) in [4.78, 5) is 14.0. The second kappa shape index (κ2) is 7.67. The van der Waals surface area contributed by atoms with E-state index in [1.807, 2.05) is 13.8 Å². The Hall–Kier alpha value is -0.610. The van der Waals surface area contributed by atoms with Crippen LogP contribution in [0.25, 0.3) is 0 Å². The van der Waals surface area contributed by atoms with Crippen LogP contribution in [0.4, 0.5) is 0 Å². The van der Waals surface area contributed by atoms with Gasteiger partial charge in [0.1, 0.15) is 0 Å². The van der Waals surface area contributed by atoms with Gasteiger partial charge in [0.15, 0.2) is 0 Å². The molecule has 0 bridgehead atoms. The van der Waals surface area contributed by atoms with Crippen LogP contribution in [0.15, 0.2) is 0 Å². The first-order chi connectivity index (χ1) is 8.15. The highest BCUT2D eigenvalue weighted by molar-refractivity contribution is 5.78. The Labute approximate surface area is 105 Å². The number of carbonyl (C=O) groups excluding carboxylic acids is 1. The van der Waals surface area contributed by atoms with Gasteiger partial charge in [-0.1, -0.05) is 6.92 Å². The minimum atomic E-state index is 0.124. The monoisotopic (exact) mass is 242 g/mol. The van der Waals surface area contributed by atoms with Crippen molar-refractivity contribution in [1.82, 2.24) is 10.2 Å². The molecule has 2 atom stereocenters. The molecule has 1 rings (SSSR count). The van der Waals surface area contributed by atoms with Crippen LogP contribution < -0.4 is 5.32 Å². The van der Waals surface area contributed by atoms with Crippen molar-refractivity contribution < 1.29 is 9.53 Å². The minimum absolute atomic E-state index is 0.124. The highest BCUT2D eigenvalue weighted by Crippen LogP contribution is 2.13. The zero-order valence-corrected chi connectivity index (χ0v) is 11.4. The van der Waals surface area contributed by atoms with E-state index < -0.39 is 0 Å². The van der Waals surface area contributed by atoms with Crippen molar-refractivity contribution in [2.75, 3.05) is 32.8 Å². The fourth-order valence-electron chi connectivity index (χ4n) is 2.17. The highest BCUT2D eigenvalue weighted by Gasteiger charge is 2.19. The van der Waals surface area contributed by atoms with Crippen LogP contribution in [-0.2, 0) is 9.53 Å². The second-order valence-electron chi connectivity index (χ2n) is 4.87. The van der Waals surface area contributed by atoms with Crippen molar-refractivity contribution in [1.29, 1.82) is 0 Å². The number of morpholine rings is 1. The van der Waals surface area contributed by atoms with Gasteiger partial charge in [0.25, 0.3) is 0 Å². The summed E-state index contributed by atoms with van der Waals surface area (Å²) >= 11 is 0. The van der Waals surface area contributed by atoms with Crippen molar-refractivity contribution >= 4 is 5.91 Å². The number of hydrogen-bond acceptors (Lipinski definition) is 3. The van der Waals surface area contributed by atoms with E-state index in [4.69, 9.17) is 4.74 Å². The Kier molecular flexibility index (Phi) is 6.52. The third-order valence-electron chi connectivity index (χ3n) is 3.49. The highest BCUT2D eigenvalue weighted by atomic mass is 16.5. The SMILES string of the molecule is CCNC(=O)C(C)CCC(C)N1CCOCC1. The second-order valence-corrected chi connectivity index (χ2v) is 4.87. The summed E-state index contributed by atoms with van der Waals surface area (Å²) in [6, 6.07) is 0.552. The lowest BCUT2D eigenvalue weighted by molar-refractivity contribution is -0.124. The quantitative estimate of drug-likeness (QED) is 0.762. The Balaban J connectivity index is 2.22. The van der Waals surface area contributed by atoms with E-state index in [2.05, 4.69) is 17.1 Å². The third kappa shape index (κ3) is 5.04. The molecule has 0 aliphatic carbocycles. The Morgan fingerprint density at radius 3 is 2.53 bits per heavy atom. The van der Waals surface area contributed by atoms with Gasteiger partial charge in [0, 0.05) is 31.6 Å². The number of rotatable bonds is 6. The summed E-state index contributed by atoms with van der Waals surface area (Å²) in [5.41, 5.74) is 0. The molecule has 1 aliphatic rings. The van der Waals surface area contributed by atoms with Gasteiger partial charge in [0.2, 0.25) is 5.91 Å². The predicted molar refractivity (Wildman–Crippen MR) is 68.9 cm³/mol. The standard InChI is InChI=1S/C13H26N2O2/c1-4-14-13(16)11(2)5-6-12(3)15-7-9-17-10-8-15/h11-12H,4-10H2,1-3H3,(H,14,16). The summed E-state index contributed by atoms with van der Waals surface area (Å²) < 4.78 is 5.34. The molecule has 1 N–H and O–H groups in total. The van der Waals surface area contributed by atoms with Crippen LogP contribution in [0.2, 0.25) is 0 Å². The number of ether oxygens (including phenoxy) is 1. The van der Waals surface area contributed by atoms with Crippen molar-refractivity contribution in [2.45, 2.75) is 39.7 Å². The Bertz CT molecular complexity index is 227. The van der Waals surface area contributed by atoms with Gasteiger partial charge in [0.05, 0.1) is 13.2 Å². The van der Waals surface area contributed by atoms with E-state index in [9.17, 15) is 4.79 Å². The maximum Gasteiger partial charge on any atom is 0.222 e. The van der Waals surface area contributed by atoms with E-state index in [-0.39, 0.29) is 11.8 Å². The molecule has 100 valence electrons. The van der Waals surface area contributed by atoms with E-state index in [1.54, 1.807) is 0 Å². The molecule has 1 aliphatic heterocycles. The lowest BCUT2D eigenvalue weighted by Crippen LogP contribution is -2.42. The summed E-state index contributed by atoms with van der Waals surface area (Å²) in [7, 11) is 0. The molecule has 0 aromatic heterocycles. The Morgan fingerprint density at radius 1 is 1.29 bits per heavy atom. The van der Waals surface area contributed by atoms with Gasteiger partial charge in [-0.3, -0.25) is 9.69 Å². The van der Waals surface area contributed by atoms with Crippen LogP contribution in [0.3, 0.4) is 0 Å². The lowest BCUT2D eigenvalue weighted by Gasteiger charge is -2.32. The zero-order valence-electron chi connectivity index (χ0n) is 11.4.